The van der Waals surface area contributed by atoms with Crippen LogP contribution in [0.3, 0.4) is 0 Å². The normalized spacial score (nSPS) is 12.8. The maximum atomic E-state index is 11.9. The van der Waals surface area contributed by atoms with Crippen molar-refractivity contribution >= 4 is 26.1 Å². The number of rotatable bonds is 9. The number of carbonyl (C=O) groups is 3. The van der Waals surface area contributed by atoms with Crippen molar-refractivity contribution in [3.63, 3.8) is 0 Å². The van der Waals surface area contributed by atoms with Crippen LogP contribution in [0.5, 0.6) is 0 Å². The topological polar surface area (TPSA) is 72.9 Å². The van der Waals surface area contributed by atoms with E-state index >= 15 is 0 Å². The molecule has 1 unspecified atom stereocenters. The lowest BCUT2D eigenvalue weighted by Gasteiger charge is -2.26. The standard InChI is InChI=1S/C15H28BNO5/c1-6-12(16)14(20)17(10-18)22-13(19)9-15(4,5)21-8-7-11(2)3/h10-12H,6-9,16H2,1-5H3. The van der Waals surface area contributed by atoms with Crippen LogP contribution in [0.2, 0.25) is 5.82 Å². The molecule has 2 amide bonds. The van der Waals surface area contributed by atoms with Crippen LogP contribution >= 0.6 is 0 Å². The summed E-state index contributed by atoms with van der Waals surface area (Å²) in [4.78, 5) is 39.5. The van der Waals surface area contributed by atoms with Gasteiger partial charge in [0.15, 0.2) is 0 Å². The fraction of sp³-hybridized carbons (Fsp3) is 0.800. The quantitative estimate of drug-likeness (QED) is 0.366. The summed E-state index contributed by atoms with van der Waals surface area (Å²) >= 11 is 0. The molecule has 0 saturated carbocycles. The van der Waals surface area contributed by atoms with Crippen LogP contribution in [0.4, 0.5) is 0 Å². The third-order valence-electron chi connectivity index (χ3n) is 3.31. The van der Waals surface area contributed by atoms with Crippen LogP contribution in [-0.4, -0.2) is 43.4 Å². The van der Waals surface area contributed by atoms with Gasteiger partial charge < -0.3 is 9.57 Å². The lowest BCUT2D eigenvalue weighted by Crippen LogP contribution is -2.37. The fourth-order valence-corrected chi connectivity index (χ4v) is 1.62. The minimum absolute atomic E-state index is 0.0385. The van der Waals surface area contributed by atoms with Crippen molar-refractivity contribution in [3.8, 4) is 0 Å². The third kappa shape index (κ3) is 8.17. The second kappa shape index (κ2) is 9.61. The Kier molecular flexibility index (Phi) is 9.01. The highest BCUT2D eigenvalue weighted by atomic mass is 16.7. The van der Waals surface area contributed by atoms with Gasteiger partial charge in [-0.2, -0.15) is 0 Å². The molecule has 6 nitrogen and oxygen atoms in total. The van der Waals surface area contributed by atoms with Gasteiger partial charge in [0.1, 0.15) is 7.85 Å². The molecule has 126 valence electrons. The molecule has 0 saturated heterocycles. The molecule has 0 heterocycles. The van der Waals surface area contributed by atoms with Crippen LogP contribution < -0.4 is 0 Å². The molecule has 0 N–H and O–H groups in total. The molecule has 0 radical (unpaired) electrons. The summed E-state index contributed by atoms with van der Waals surface area (Å²) in [5, 5.41) is 0.473. The molecule has 0 aromatic carbocycles. The van der Waals surface area contributed by atoms with Gasteiger partial charge in [0.25, 0.3) is 12.3 Å². The number of carbonyl (C=O) groups excluding carboxylic acids is 3. The van der Waals surface area contributed by atoms with Gasteiger partial charge >= 0.3 is 5.97 Å². The number of hydrogen-bond acceptors (Lipinski definition) is 5. The van der Waals surface area contributed by atoms with Gasteiger partial charge in [-0.1, -0.05) is 27.2 Å². The molecular formula is C15H28BNO5. The molecule has 0 aliphatic carbocycles. The molecule has 0 aromatic rings. The van der Waals surface area contributed by atoms with Gasteiger partial charge in [0, 0.05) is 12.4 Å². The lowest BCUT2D eigenvalue weighted by molar-refractivity contribution is -0.200. The van der Waals surface area contributed by atoms with Crippen LogP contribution in [-0.2, 0) is 24.0 Å². The first-order chi connectivity index (χ1) is 10.1. The SMILES string of the molecule is BC(CC)C(=O)N(C=O)OC(=O)CC(C)(C)OCCC(C)C. The molecule has 7 heteroatoms. The maximum absolute atomic E-state index is 11.9. The van der Waals surface area contributed by atoms with E-state index in [1.807, 2.05) is 6.92 Å². The van der Waals surface area contributed by atoms with Crippen LogP contribution in [0.25, 0.3) is 0 Å². The van der Waals surface area contributed by atoms with Crippen molar-refractivity contribution in [2.75, 3.05) is 6.61 Å². The summed E-state index contributed by atoms with van der Waals surface area (Å²) in [6.45, 7) is 10.1. The summed E-state index contributed by atoms with van der Waals surface area (Å²) < 4.78 is 5.66. The Bertz CT molecular complexity index is 384. The average Bonchev–Trinajstić information content (AvgIpc) is 2.41. The number of nitrogens with zero attached hydrogens (tertiary/aromatic N) is 1. The van der Waals surface area contributed by atoms with Gasteiger partial charge in [0.2, 0.25) is 0 Å². The van der Waals surface area contributed by atoms with Gasteiger partial charge in [-0.05, 0) is 26.2 Å². The molecule has 0 fully saturated rings. The predicted octanol–water partition coefficient (Wildman–Crippen LogP) is 1.49. The Morgan fingerprint density at radius 3 is 2.36 bits per heavy atom. The summed E-state index contributed by atoms with van der Waals surface area (Å²) in [6, 6.07) is 0. The molecular weight excluding hydrogens is 285 g/mol. The summed E-state index contributed by atoms with van der Waals surface area (Å²) in [6.07, 6.45) is 1.64. The van der Waals surface area contributed by atoms with Crippen LogP contribution in [0.15, 0.2) is 0 Å². The first kappa shape index (κ1) is 20.6. The Balaban J connectivity index is 4.45. The number of amides is 2. The average molecular weight is 313 g/mol. The molecule has 1 atom stereocenters. The molecule has 0 rings (SSSR count). The van der Waals surface area contributed by atoms with Crippen molar-refractivity contribution in [1.29, 1.82) is 0 Å². The second-order valence-electron chi connectivity index (χ2n) is 6.51. The van der Waals surface area contributed by atoms with Crippen molar-refractivity contribution in [2.45, 2.75) is 65.3 Å². The first-order valence-corrected chi connectivity index (χ1v) is 7.76. The highest BCUT2D eigenvalue weighted by molar-refractivity contribution is 6.24. The first-order valence-electron chi connectivity index (χ1n) is 7.76. The largest absolute Gasteiger partial charge is 0.375 e. The fourth-order valence-electron chi connectivity index (χ4n) is 1.62. The zero-order valence-electron chi connectivity index (χ0n) is 14.5. The maximum Gasteiger partial charge on any atom is 0.336 e. The Morgan fingerprint density at radius 2 is 1.91 bits per heavy atom. The predicted molar refractivity (Wildman–Crippen MR) is 85.7 cm³/mol. The van der Waals surface area contributed by atoms with E-state index in [4.69, 9.17) is 9.57 Å². The highest BCUT2D eigenvalue weighted by Crippen LogP contribution is 2.18. The minimum Gasteiger partial charge on any atom is -0.375 e. The molecule has 0 spiro atoms. The summed E-state index contributed by atoms with van der Waals surface area (Å²) in [5.74, 6) is -1.06. The highest BCUT2D eigenvalue weighted by Gasteiger charge is 2.28. The van der Waals surface area contributed by atoms with Gasteiger partial charge in [0.05, 0.1) is 12.0 Å². The van der Waals surface area contributed by atoms with E-state index in [1.54, 1.807) is 21.7 Å². The molecule has 22 heavy (non-hydrogen) atoms. The number of imide groups is 1. The third-order valence-corrected chi connectivity index (χ3v) is 3.31. The molecule has 0 bridgehead atoms. The van der Waals surface area contributed by atoms with E-state index in [2.05, 4.69) is 13.8 Å². The van der Waals surface area contributed by atoms with Crippen molar-refractivity contribution in [3.05, 3.63) is 0 Å². The monoisotopic (exact) mass is 313 g/mol. The minimum atomic E-state index is -0.708. The second-order valence-corrected chi connectivity index (χ2v) is 6.51. The Morgan fingerprint density at radius 1 is 1.32 bits per heavy atom. The molecule has 0 aliphatic rings. The zero-order chi connectivity index (χ0) is 17.3. The van der Waals surface area contributed by atoms with E-state index in [0.29, 0.717) is 24.0 Å². The Hall–Kier alpha value is -1.37. The van der Waals surface area contributed by atoms with Crippen LogP contribution in [0.1, 0.15) is 53.9 Å². The molecule has 0 aromatic heterocycles. The van der Waals surface area contributed by atoms with E-state index in [1.165, 1.54) is 0 Å². The smallest absolute Gasteiger partial charge is 0.336 e. The van der Waals surface area contributed by atoms with E-state index < -0.39 is 17.5 Å². The Labute approximate surface area is 133 Å². The van der Waals surface area contributed by atoms with Crippen molar-refractivity contribution in [1.82, 2.24) is 5.06 Å². The van der Waals surface area contributed by atoms with Gasteiger partial charge in [-0.25, -0.2) is 4.79 Å². The summed E-state index contributed by atoms with van der Waals surface area (Å²) in [5.41, 5.74) is -0.708. The van der Waals surface area contributed by atoms with Crippen molar-refractivity contribution < 1.29 is 24.0 Å². The lowest BCUT2D eigenvalue weighted by atomic mass is 9.84. The van der Waals surface area contributed by atoms with Gasteiger partial charge in [-0.3, -0.25) is 9.59 Å². The molecule has 0 aliphatic heterocycles. The number of hydrogen-bond donors (Lipinski definition) is 0. The van der Waals surface area contributed by atoms with Gasteiger partial charge in [-0.15, -0.1) is 5.06 Å². The van der Waals surface area contributed by atoms with Crippen LogP contribution in [0, 0.1) is 5.92 Å². The number of hydroxylamine groups is 2. The summed E-state index contributed by atoms with van der Waals surface area (Å²) in [7, 11) is 1.67. The number of ether oxygens (including phenoxy) is 1. The van der Waals surface area contributed by atoms with Crippen molar-refractivity contribution in [2.24, 2.45) is 5.92 Å². The van der Waals surface area contributed by atoms with E-state index in [0.717, 1.165) is 6.42 Å². The zero-order valence-corrected chi connectivity index (χ0v) is 14.5. The van der Waals surface area contributed by atoms with E-state index in [9.17, 15) is 14.4 Å². The van der Waals surface area contributed by atoms with E-state index in [-0.39, 0.29) is 18.6 Å².